The maximum absolute atomic E-state index is 12.9. The van der Waals surface area contributed by atoms with Crippen LogP contribution in [0.1, 0.15) is 17.3 Å². The summed E-state index contributed by atoms with van der Waals surface area (Å²) >= 11 is 0. The van der Waals surface area contributed by atoms with Gasteiger partial charge in [0.25, 0.3) is 11.6 Å². The van der Waals surface area contributed by atoms with E-state index in [1.807, 2.05) is 6.07 Å². The summed E-state index contributed by atoms with van der Waals surface area (Å²) in [6.45, 7) is 1.48. The molecule has 0 radical (unpaired) electrons. The summed E-state index contributed by atoms with van der Waals surface area (Å²) < 4.78 is 12.9. The second-order valence-electron chi connectivity index (χ2n) is 3.64. The fourth-order valence-corrected chi connectivity index (χ4v) is 1.29. The van der Waals surface area contributed by atoms with Crippen molar-refractivity contribution in [3.8, 4) is 6.07 Å². The fraction of sp³-hybridized carbons (Fsp3) is 0.273. The van der Waals surface area contributed by atoms with Gasteiger partial charge in [-0.1, -0.05) is 0 Å². The molecule has 1 aromatic rings. The standard InChI is InChI=1S/C11H10FN3O3/c1-7(6-13)14(2)11(16)9-4-3-8(12)5-10(9)15(17)18/h3-5,7H,1-2H3. The molecule has 6 nitrogen and oxygen atoms in total. The van der Waals surface area contributed by atoms with Crippen molar-refractivity contribution in [2.24, 2.45) is 0 Å². The van der Waals surface area contributed by atoms with Gasteiger partial charge >= 0.3 is 0 Å². The molecular weight excluding hydrogens is 241 g/mol. The first-order valence-corrected chi connectivity index (χ1v) is 4.99. The second kappa shape index (κ2) is 5.23. The van der Waals surface area contributed by atoms with Crippen molar-refractivity contribution in [3.63, 3.8) is 0 Å². The number of carbonyl (C=O) groups is 1. The van der Waals surface area contributed by atoms with E-state index >= 15 is 0 Å². The Bertz CT molecular complexity index is 539. The predicted molar refractivity (Wildman–Crippen MR) is 60.2 cm³/mol. The van der Waals surface area contributed by atoms with Crippen LogP contribution in [0.3, 0.4) is 0 Å². The fourth-order valence-electron chi connectivity index (χ4n) is 1.29. The molecule has 0 spiro atoms. The van der Waals surface area contributed by atoms with E-state index in [0.29, 0.717) is 6.07 Å². The molecule has 18 heavy (non-hydrogen) atoms. The van der Waals surface area contributed by atoms with Crippen LogP contribution >= 0.6 is 0 Å². The van der Waals surface area contributed by atoms with Crippen molar-refractivity contribution in [1.82, 2.24) is 4.90 Å². The molecule has 1 aromatic carbocycles. The second-order valence-corrected chi connectivity index (χ2v) is 3.64. The number of hydrogen-bond acceptors (Lipinski definition) is 4. The monoisotopic (exact) mass is 251 g/mol. The minimum Gasteiger partial charge on any atom is -0.326 e. The molecule has 0 aliphatic carbocycles. The van der Waals surface area contributed by atoms with Crippen molar-refractivity contribution in [3.05, 3.63) is 39.7 Å². The Balaban J connectivity index is 3.22. The topological polar surface area (TPSA) is 87.2 Å². The van der Waals surface area contributed by atoms with Gasteiger partial charge in [0.1, 0.15) is 17.4 Å². The largest absolute Gasteiger partial charge is 0.326 e. The lowest BCUT2D eigenvalue weighted by Crippen LogP contribution is -2.34. The van der Waals surface area contributed by atoms with Crippen LogP contribution in [0.5, 0.6) is 0 Å². The summed E-state index contributed by atoms with van der Waals surface area (Å²) in [5.41, 5.74) is -0.858. The predicted octanol–water partition coefficient (Wildman–Crippen LogP) is 1.72. The van der Waals surface area contributed by atoms with E-state index in [1.165, 1.54) is 14.0 Å². The summed E-state index contributed by atoms with van der Waals surface area (Å²) in [4.78, 5) is 22.9. The van der Waals surface area contributed by atoms with E-state index in [9.17, 15) is 19.3 Å². The lowest BCUT2D eigenvalue weighted by atomic mass is 10.1. The molecule has 0 aromatic heterocycles. The molecule has 0 N–H and O–H groups in total. The van der Waals surface area contributed by atoms with Crippen molar-refractivity contribution >= 4 is 11.6 Å². The highest BCUT2D eigenvalue weighted by atomic mass is 19.1. The summed E-state index contributed by atoms with van der Waals surface area (Å²) in [7, 11) is 1.35. The van der Waals surface area contributed by atoms with Gasteiger partial charge in [-0.3, -0.25) is 14.9 Å². The van der Waals surface area contributed by atoms with Crippen LogP contribution in [-0.2, 0) is 0 Å². The van der Waals surface area contributed by atoms with Crippen molar-refractivity contribution in [2.45, 2.75) is 13.0 Å². The summed E-state index contributed by atoms with van der Waals surface area (Å²) in [5, 5.41) is 19.4. The van der Waals surface area contributed by atoms with Crippen LogP contribution < -0.4 is 0 Å². The minimum absolute atomic E-state index is 0.244. The molecular formula is C11H10FN3O3. The number of nitro benzene ring substituents is 1. The number of hydrogen-bond donors (Lipinski definition) is 0. The number of benzene rings is 1. The lowest BCUT2D eigenvalue weighted by molar-refractivity contribution is -0.385. The molecule has 0 saturated carbocycles. The lowest BCUT2D eigenvalue weighted by Gasteiger charge is -2.19. The average molecular weight is 251 g/mol. The van der Waals surface area contributed by atoms with Crippen molar-refractivity contribution in [1.29, 1.82) is 5.26 Å². The Morgan fingerprint density at radius 3 is 2.72 bits per heavy atom. The van der Waals surface area contributed by atoms with E-state index in [0.717, 1.165) is 17.0 Å². The zero-order chi connectivity index (χ0) is 13.9. The highest BCUT2D eigenvalue weighted by Crippen LogP contribution is 2.21. The van der Waals surface area contributed by atoms with E-state index < -0.39 is 28.4 Å². The van der Waals surface area contributed by atoms with Gasteiger partial charge in [0.15, 0.2) is 0 Å². The molecule has 94 valence electrons. The third kappa shape index (κ3) is 2.60. The number of amides is 1. The molecule has 1 atom stereocenters. The minimum atomic E-state index is -0.832. The molecule has 1 amide bonds. The maximum atomic E-state index is 12.9. The van der Waals surface area contributed by atoms with Gasteiger partial charge in [0, 0.05) is 7.05 Å². The molecule has 0 bridgehead atoms. The molecule has 1 rings (SSSR count). The van der Waals surface area contributed by atoms with Crippen LogP contribution in [0.2, 0.25) is 0 Å². The van der Waals surface area contributed by atoms with Gasteiger partial charge in [0.05, 0.1) is 17.1 Å². The smallest absolute Gasteiger partial charge is 0.285 e. The Morgan fingerprint density at radius 2 is 2.22 bits per heavy atom. The van der Waals surface area contributed by atoms with Gasteiger partial charge in [-0.15, -0.1) is 0 Å². The Hall–Kier alpha value is -2.49. The average Bonchev–Trinajstić information content (AvgIpc) is 2.35. The van der Waals surface area contributed by atoms with Crippen LogP contribution in [0.15, 0.2) is 18.2 Å². The zero-order valence-corrected chi connectivity index (χ0v) is 9.75. The molecule has 0 saturated heterocycles. The quantitative estimate of drug-likeness (QED) is 0.604. The normalized spacial score (nSPS) is 11.4. The summed E-state index contributed by atoms with van der Waals surface area (Å²) in [6.07, 6.45) is 0. The van der Waals surface area contributed by atoms with Gasteiger partial charge < -0.3 is 4.90 Å². The summed E-state index contributed by atoms with van der Waals surface area (Å²) in [5.74, 6) is -1.50. The highest BCUT2D eigenvalue weighted by molar-refractivity contribution is 5.98. The van der Waals surface area contributed by atoms with E-state index in [4.69, 9.17) is 5.26 Å². The number of nitro groups is 1. The first-order chi connectivity index (χ1) is 8.38. The van der Waals surface area contributed by atoms with E-state index in [-0.39, 0.29) is 5.56 Å². The molecule has 0 heterocycles. The molecule has 0 aliphatic rings. The first-order valence-electron chi connectivity index (χ1n) is 4.99. The number of nitrogens with zero attached hydrogens (tertiary/aromatic N) is 3. The van der Waals surface area contributed by atoms with E-state index in [2.05, 4.69) is 0 Å². The first kappa shape index (κ1) is 13.6. The molecule has 1 unspecified atom stereocenters. The van der Waals surface area contributed by atoms with E-state index in [1.54, 1.807) is 0 Å². The van der Waals surface area contributed by atoms with Crippen LogP contribution in [0.4, 0.5) is 10.1 Å². The van der Waals surface area contributed by atoms with Crippen molar-refractivity contribution in [2.75, 3.05) is 7.05 Å². The number of rotatable bonds is 3. The zero-order valence-electron chi connectivity index (χ0n) is 9.75. The molecule has 0 aliphatic heterocycles. The Morgan fingerprint density at radius 1 is 1.61 bits per heavy atom. The highest BCUT2D eigenvalue weighted by Gasteiger charge is 2.25. The number of halogens is 1. The number of nitriles is 1. The SMILES string of the molecule is CC(C#N)N(C)C(=O)c1ccc(F)cc1[N+](=O)[O-]. The van der Waals surface area contributed by atoms with Crippen LogP contribution in [0.25, 0.3) is 0 Å². The van der Waals surface area contributed by atoms with Crippen LogP contribution in [-0.4, -0.2) is 28.8 Å². The maximum Gasteiger partial charge on any atom is 0.285 e. The summed E-state index contributed by atoms with van der Waals surface area (Å²) in [6, 6.07) is 3.78. The van der Waals surface area contributed by atoms with Gasteiger partial charge in [-0.05, 0) is 19.1 Å². The third-order valence-corrected chi connectivity index (χ3v) is 2.48. The van der Waals surface area contributed by atoms with Crippen LogP contribution in [0, 0.1) is 27.3 Å². The third-order valence-electron chi connectivity index (χ3n) is 2.48. The van der Waals surface area contributed by atoms with Gasteiger partial charge in [-0.25, -0.2) is 4.39 Å². The van der Waals surface area contributed by atoms with Gasteiger partial charge in [0.2, 0.25) is 0 Å². The molecule has 0 fully saturated rings. The van der Waals surface area contributed by atoms with Crippen molar-refractivity contribution < 1.29 is 14.1 Å². The van der Waals surface area contributed by atoms with Gasteiger partial charge in [-0.2, -0.15) is 5.26 Å². The Kier molecular flexibility index (Phi) is 3.94. The Labute approximate surface area is 102 Å². The molecule has 7 heteroatoms. The number of carbonyl (C=O) groups excluding carboxylic acids is 1.